The summed E-state index contributed by atoms with van der Waals surface area (Å²) in [5, 5.41) is 8.87. The summed E-state index contributed by atoms with van der Waals surface area (Å²) in [7, 11) is 0. The number of amides is 3. The number of urea groups is 1. The van der Waals surface area contributed by atoms with E-state index in [1.165, 1.54) is 4.40 Å². The van der Waals surface area contributed by atoms with Gasteiger partial charge in [0.15, 0.2) is 5.65 Å². The topological polar surface area (TPSA) is 97.5 Å². The first-order valence-corrected chi connectivity index (χ1v) is 7.67. The molecule has 0 saturated heterocycles. The van der Waals surface area contributed by atoms with Crippen LogP contribution in [-0.4, -0.2) is 26.1 Å². The van der Waals surface area contributed by atoms with Gasteiger partial charge in [-0.05, 0) is 43.2 Å². The van der Waals surface area contributed by atoms with Gasteiger partial charge in [-0.3, -0.25) is 14.5 Å². The van der Waals surface area contributed by atoms with E-state index in [1.807, 2.05) is 26.0 Å². The van der Waals surface area contributed by atoms with Crippen LogP contribution in [0.5, 0.6) is 0 Å². The molecule has 3 amide bonds. The summed E-state index contributed by atoms with van der Waals surface area (Å²) in [5.74, 6) is -0.631. The maximum absolute atomic E-state index is 12.1. The summed E-state index contributed by atoms with van der Waals surface area (Å²) in [6, 6.07) is 9.93. The van der Waals surface area contributed by atoms with Crippen molar-refractivity contribution in [2.45, 2.75) is 20.4 Å². The van der Waals surface area contributed by atoms with Gasteiger partial charge in [-0.15, -0.1) is 5.10 Å². The summed E-state index contributed by atoms with van der Waals surface area (Å²) < 4.78 is 2.33. The smallest absolute Gasteiger partial charge is 0.307 e. The summed E-state index contributed by atoms with van der Waals surface area (Å²) in [4.78, 5) is 36.1. The zero-order valence-corrected chi connectivity index (χ0v) is 13.8. The maximum Gasteiger partial charge on any atom is 0.350 e. The molecule has 0 fully saturated rings. The highest BCUT2D eigenvalue weighted by Gasteiger charge is 2.13. The fourth-order valence-electron chi connectivity index (χ4n) is 2.41. The number of anilines is 1. The molecule has 0 aliphatic carbocycles. The summed E-state index contributed by atoms with van der Waals surface area (Å²) in [6.07, 6.45) is 1.56. The predicted octanol–water partition coefficient (Wildman–Crippen LogP) is 1.46. The molecule has 3 aromatic rings. The maximum atomic E-state index is 12.1. The van der Waals surface area contributed by atoms with E-state index in [0.29, 0.717) is 11.3 Å². The highest BCUT2D eigenvalue weighted by molar-refractivity contribution is 6.01. The van der Waals surface area contributed by atoms with Gasteiger partial charge >= 0.3 is 11.7 Å². The van der Waals surface area contributed by atoms with Crippen molar-refractivity contribution in [3.05, 3.63) is 64.2 Å². The third-order valence-corrected chi connectivity index (χ3v) is 3.89. The van der Waals surface area contributed by atoms with Crippen LogP contribution >= 0.6 is 0 Å². The zero-order valence-electron chi connectivity index (χ0n) is 13.8. The van der Waals surface area contributed by atoms with Crippen LogP contribution in [0.1, 0.15) is 11.1 Å². The lowest BCUT2D eigenvalue weighted by molar-refractivity contribution is -0.120. The van der Waals surface area contributed by atoms with Crippen LogP contribution in [0.15, 0.2) is 47.4 Å². The van der Waals surface area contributed by atoms with Crippen LogP contribution in [0.2, 0.25) is 0 Å². The third kappa shape index (κ3) is 3.42. The van der Waals surface area contributed by atoms with E-state index in [2.05, 4.69) is 15.7 Å². The van der Waals surface area contributed by atoms with Gasteiger partial charge < -0.3 is 5.32 Å². The van der Waals surface area contributed by atoms with E-state index in [1.54, 1.807) is 30.5 Å². The molecule has 3 rings (SSSR count). The Morgan fingerprint density at radius 1 is 1.12 bits per heavy atom. The molecule has 8 nitrogen and oxygen atoms in total. The second-order valence-electron chi connectivity index (χ2n) is 5.62. The number of nitrogens with zero attached hydrogens (tertiary/aromatic N) is 3. The van der Waals surface area contributed by atoms with E-state index < -0.39 is 17.6 Å². The zero-order chi connectivity index (χ0) is 18.0. The Bertz CT molecular complexity index is 1020. The van der Waals surface area contributed by atoms with Crippen LogP contribution < -0.4 is 16.3 Å². The van der Waals surface area contributed by atoms with Gasteiger partial charge in [0.2, 0.25) is 5.91 Å². The average molecular weight is 339 g/mol. The van der Waals surface area contributed by atoms with Crippen molar-refractivity contribution < 1.29 is 9.59 Å². The number of rotatable bonds is 3. The molecular weight excluding hydrogens is 322 g/mol. The largest absolute Gasteiger partial charge is 0.350 e. The molecule has 128 valence electrons. The van der Waals surface area contributed by atoms with Crippen molar-refractivity contribution in [3.63, 3.8) is 0 Å². The van der Waals surface area contributed by atoms with Gasteiger partial charge in [0.25, 0.3) is 0 Å². The van der Waals surface area contributed by atoms with Crippen molar-refractivity contribution in [2.75, 3.05) is 5.32 Å². The van der Waals surface area contributed by atoms with Crippen molar-refractivity contribution in [1.82, 2.24) is 19.5 Å². The lowest BCUT2D eigenvalue weighted by atomic mass is 10.1. The highest BCUT2D eigenvalue weighted by Crippen LogP contribution is 2.17. The molecule has 2 N–H and O–H groups in total. The summed E-state index contributed by atoms with van der Waals surface area (Å²) in [5.41, 5.74) is 2.55. The molecule has 0 spiro atoms. The lowest BCUT2D eigenvalue weighted by Gasteiger charge is -2.10. The van der Waals surface area contributed by atoms with Crippen molar-refractivity contribution in [2.24, 2.45) is 0 Å². The molecule has 1 aromatic carbocycles. The van der Waals surface area contributed by atoms with Crippen LogP contribution in [0.3, 0.4) is 0 Å². The number of hydrogen-bond acceptors (Lipinski definition) is 4. The minimum absolute atomic E-state index is 0.346. The van der Waals surface area contributed by atoms with Crippen LogP contribution in [0.4, 0.5) is 10.5 Å². The van der Waals surface area contributed by atoms with Crippen LogP contribution in [0, 0.1) is 13.8 Å². The SMILES string of the molecule is Cc1cccc(NC(=O)NC(=O)Cn2nc3ccccn3c2=O)c1C. The highest BCUT2D eigenvalue weighted by atomic mass is 16.2. The number of carbonyl (C=O) groups excluding carboxylic acids is 2. The minimum Gasteiger partial charge on any atom is -0.307 e. The third-order valence-electron chi connectivity index (χ3n) is 3.89. The van der Waals surface area contributed by atoms with E-state index in [9.17, 15) is 14.4 Å². The van der Waals surface area contributed by atoms with Gasteiger partial charge in [0.05, 0.1) is 0 Å². The number of benzene rings is 1. The Kier molecular flexibility index (Phi) is 4.34. The van der Waals surface area contributed by atoms with Crippen molar-refractivity contribution >= 4 is 23.3 Å². The standard InChI is InChI=1S/C17H17N5O3/c1-11-6-5-7-13(12(11)2)18-16(24)19-15(23)10-22-17(25)21-9-4-3-8-14(21)20-22/h3-9H,10H2,1-2H3,(H2,18,19,23,24). The summed E-state index contributed by atoms with van der Waals surface area (Å²) in [6.45, 7) is 3.46. The first kappa shape index (κ1) is 16.4. The fourth-order valence-corrected chi connectivity index (χ4v) is 2.41. The molecule has 0 bridgehead atoms. The Hall–Kier alpha value is -3.42. The molecule has 2 heterocycles. The summed E-state index contributed by atoms with van der Waals surface area (Å²) >= 11 is 0. The average Bonchev–Trinajstić information content (AvgIpc) is 2.88. The van der Waals surface area contributed by atoms with Crippen molar-refractivity contribution in [1.29, 1.82) is 0 Å². The first-order chi connectivity index (χ1) is 12.0. The first-order valence-electron chi connectivity index (χ1n) is 7.67. The van der Waals surface area contributed by atoms with Crippen LogP contribution in [0.25, 0.3) is 5.65 Å². The van der Waals surface area contributed by atoms with Gasteiger partial charge in [-0.1, -0.05) is 18.2 Å². The number of carbonyl (C=O) groups is 2. The second-order valence-corrected chi connectivity index (χ2v) is 5.62. The Balaban J connectivity index is 1.67. The van der Waals surface area contributed by atoms with Gasteiger partial charge in [-0.2, -0.15) is 0 Å². The molecule has 0 unspecified atom stereocenters. The molecule has 0 aliphatic heterocycles. The van der Waals surface area contributed by atoms with Gasteiger partial charge in [0, 0.05) is 11.9 Å². The quantitative estimate of drug-likeness (QED) is 0.755. The Labute approximate surface area is 143 Å². The number of pyridine rings is 1. The lowest BCUT2D eigenvalue weighted by Crippen LogP contribution is -2.38. The number of nitrogens with one attached hydrogen (secondary N) is 2. The second kappa shape index (κ2) is 6.60. The molecule has 0 saturated carbocycles. The molecule has 8 heteroatoms. The Morgan fingerprint density at radius 2 is 1.92 bits per heavy atom. The Morgan fingerprint density at radius 3 is 2.68 bits per heavy atom. The number of hydrogen-bond donors (Lipinski definition) is 2. The van der Waals surface area contributed by atoms with E-state index >= 15 is 0 Å². The molecule has 0 aliphatic rings. The number of aromatic nitrogens is 3. The molecular formula is C17H17N5O3. The number of aryl methyl sites for hydroxylation is 1. The van der Waals surface area contributed by atoms with E-state index in [-0.39, 0.29) is 6.54 Å². The van der Waals surface area contributed by atoms with E-state index in [0.717, 1.165) is 15.8 Å². The van der Waals surface area contributed by atoms with Crippen LogP contribution in [-0.2, 0) is 11.3 Å². The fraction of sp³-hybridized carbons (Fsp3) is 0.176. The van der Waals surface area contributed by atoms with Gasteiger partial charge in [0.1, 0.15) is 6.54 Å². The predicted molar refractivity (Wildman–Crippen MR) is 92.5 cm³/mol. The van der Waals surface area contributed by atoms with Gasteiger partial charge in [-0.25, -0.2) is 14.3 Å². The van der Waals surface area contributed by atoms with Crippen molar-refractivity contribution in [3.8, 4) is 0 Å². The molecule has 0 radical (unpaired) electrons. The number of fused-ring (bicyclic) bond motifs is 1. The molecule has 0 atom stereocenters. The normalized spacial score (nSPS) is 10.6. The number of imide groups is 1. The van der Waals surface area contributed by atoms with E-state index in [4.69, 9.17) is 0 Å². The molecule has 25 heavy (non-hydrogen) atoms. The monoisotopic (exact) mass is 339 g/mol. The minimum atomic E-state index is -0.657. The molecule has 2 aromatic heterocycles.